The Morgan fingerprint density at radius 2 is 0.657 bits per heavy atom. The van der Waals surface area contributed by atoms with Crippen molar-refractivity contribution < 1.29 is 0 Å². The quantitative estimate of drug-likeness (QED) is 0.151. The van der Waals surface area contributed by atoms with Crippen molar-refractivity contribution in [2.75, 3.05) is 0 Å². The van der Waals surface area contributed by atoms with E-state index < -0.39 is 0 Å². The highest BCUT2D eigenvalue weighted by molar-refractivity contribution is 6.33. The van der Waals surface area contributed by atoms with Gasteiger partial charge >= 0.3 is 0 Å². The van der Waals surface area contributed by atoms with Gasteiger partial charge in [-0.1, -0.05) is 226 Å². The molecule has 0 nitrogen and oxygen atoms in total. The second-order valence-electron chi connectivity index (χ2n) is 25.8. The van der Waals surface area contributed by atoms with Crippen molar-refractivity contribution in [2.24, 2.45) is 0 Å². The van der Waals surface area contributed by atoms with Crippen LogP contribution in [0.4, 0.5) is 0 Å². The van der Waals surface area contributed by atoms with Gasteiger partial charge in [-0.15, -0.1) is 0 Å². The van der Waals surface area contributed by atoms with E-state index in [0.29, 0.717) is 11.8 Å². The average Bonchev–Trinajstić information content (AvgIpc) is 3.80. The molecule has 0 bridgehead atoms. The van der Waals surface area contributed by atoms with Gasteiger partial charge in [0.2, 0.25) is 0 Å². The topological polar surface area (TPSA) is 0 Å². The molecular weight excluding hydrogens is 841 g/mol. The van der Waals surface area contributed by atoms with Crippen LogP contribution in [-0.2, 0) is 21.7 Å². The van der Waals surface area contributed by atoms with Crippen molar-refractivity contribution in [3.8, 4) is 77.9 Å². The van der Waals surface area contributed by atoms with Gasteiger partial charge in [0.15, 0.2) is 0 Å². The van der Waals surface area contributed by atoms with Crippen LogP contribution in [0, 0.1) is 0 Å². The summed E-state index contributed by atoms with van der Waals surface area (Å²) in [6.45, 7) is 37.8. The third kappa shape index (κ3) is 7.22. The lowest BCUT2D eigenvalue weighted by molar-refractivity contribution is 0.568. The fourth-order valence-electron chi connectivity index (χ4n) is 12.0. The summed E-state index contributed by atoms with van der Waals surface area (Å²) in [6.07, 6.45) is 0. The van der Waals surface area contributed by atoms with Crippen LogP contribution in [0.3, 0.4) is 0 Å². The van der Waals surface area contributed by atoms with Gasteiger partial charge in [0.25, 0.3) is 0 Å². The molecule has 0 saturated heterocycles. The Bertz CT molecular complexity index is 3430. The van der Waals surface area contributed by atoms with Crippen LogP contribution < -0.4 is 0 Å². The van der Waals surface area contributed by atoms with E-state index in [1.807, 2.05) is 0 Å². The van der Waals surface area contributed by atoms with Crippen LogP contribution in [0.2, 0.25) is 0 Å². The van der Waals surface area contributed by atoms with Gasteiger partial charge in [0.05, 0.1) is 0 Å². The minimum absolute atomic E-state index is 0.0415. The highest BCUT2D eigenvalue weighted by Gasteiger charge is 2.36. The maximum absolute atomic E-state index is 2.53. The third-order valence-corrected chi connectivity index (χ3v) is 16.0. The van der Waals surface area contributed by atoms with Crippen LogP contribution in [0.15, 0.2) is 133 Å². The fraction of sp³-hybridized carbons (Fsp3) is 0.314. The molecule has 0 fully saturated rings. The van der Waals surface area contributed by atoms with Crippen LogP contribution in [0.25, 0.3) is 110 Å². The monoisotopic (exact) mass is 913 g/mol. The maximum Gasteiger partial charge on any atom is -0.000740 e. The second-order valence-corrected chi connectivity index (χ2v) is 25.8. The van der Waals surface area contributed by atoms with E-state index in [1.54, 1.807) is 0 Å². The molecular formula is C70H72. The molecule has 70 heavy (non-hydrogen) atoms. The third-order valence-electron chi connectivity index (χ3n) is 16.0. The van der Waals surface area contributed by atoms with Crippen molar-refractivity contribution >= 4 is 32.3 Å². The van der Waals surface area contributed by atoms with Gasteiger partial charge < -0.3 is 0 Å². The fourth-order valence-corrected chi connectivity index (χ4v) is 12.0. The van der Waals surface area contributed by atoms with Crippen molar-refractivity contribution in [3.05, 3.63) is 167 Å². The summed E-state index contributed by atoms with van der Waals surface area (Å²) in [6, 6.07) is 53.4. The molecule has 0 heterocycles. The van der Waals surface area contributed by atoms with Crippen molar-refractivity contribution in [3.63, 3.8) is 0 Å². The average molecular weight is 913 g/mol. The Labute approximate surface area is 419 Å². The molecule has 0 saturated carbocycles. The predicted molar refractivity (Wildman–Crippen MR) is 307 cm³/mol. The van der Waals surface area contributed by atoms with E-state index in [9.17, 15) is 0 Å². The molecule has 0 unspecified atom stereocenters. The van der Waals surface area contributed by atoms with E-state index in [2.05, 4.69) is 244 Å². The first-order valence-corrected chi connectivity index (χ1v) is 26.1. The summed E-state index contributed by atoms with van der Waals surface area (Å²) < 4.78 is 0. The van der Waals surface area contributed by atoms with Crippen LogP contribution in [-0.4, -0.2) is 0 Å². The van der Waals surface area contributed by atoms with Crippen molar-refractivity contribution in [1.29, 1.82) is 0 Å². The summed E-state index contributed by atoms with van der Waals surface area (Å²) >= 11 is 0. The largest absolute Gasteiger partial charge is 0.0617 e. The molecule has 2 aliphatic carbocycles. The first kappa shape index (κ1) is 46.2. The number of benzene rings is 9. The van der Waals surface area contributed by atoms with Crippen LogP contribution in [0.5, 0.6) is 0 Å². The van der Waals surface area contributed by atoms with Crippen molar-refractivity contribution in [1.82, 2.24) is 0 Å². The van der Waals surface area contributed by atoms with E-state index in [1.165, 1.54) is 144 Å². The standard InChI is InChI=1S/C70H72/c1-39(2)50-22-19-23-51(40(3)4)60(50)43-24-25-52-53-26-28-55-64-56(29-27-54(63(53)64)57(52)36-43)66-62(45-32-48(69(11,12)13)38-49(33-45)70(14,15)16)59-35-42-21-18-17-20-41(42)34-58(59)61(65(55)66)44-30-46(67(5,6)7)37-47(31-44)68(8,9)10/h17-40H,1-16H3. The zero-order chi connectivity index (χ0) is 49.7. The normalized spacial score (nSPS) is 13.4. The molecule has 0 spiro atoms. The van der Waals surface area contributed by atoms with E-state index >= 15 is 0 Å². The second kappa shape index (κ2) is 15.6. The molecule has 9 aromatic carbocycles. The van der Waals surface area contributed by atoms with Gasteiger partial charge in [-0.25, -0.2) is 0 Å². The summed E-state index contributed by atoms with van der Waals surface area (Å²) in [5.74, 6) is 0.841. The molecule has 352 valence electrons. The molecule has 9 aromatic rings. The summed E-state index contributed by atoms with van der Waals surface area (Å²) in [5, 5.41) is 7.95. The molecule has 0 heteroatoms. The summed E-state index contributed by atoms with van der Waals surface area (Å²) in [7, 11) is 0. The number of hydrogen-bond donors (Lipinski definition) is 0. The summed E-state index contributed by atoms with van der Waals surface area (Å²) in [4.78, 5) is 0. The molecule has 2 aliphatic rings. The Hall–Kier alpha value is -6.24. The number of hydrogen-bond acceptors (Lipinski definition) is 0. The first-order valence-electron chi connectivity index (χ1n) is 26.1. The Kier molecular flexibility index (Phi) is 10.3. The molecule has 0 aliphatic heterocycles. The number of fused-ring (bicyclic) bond motifs is 8. The maximum atomic E-state index is 2.53. The number of rotatable bonds is 5. The lowest BCUT2D eigenvalue weighted by atomic mass is 9.75. The van der Waals surface area contributed by atoms with E-state index in [0.717, 1.165) is 0 Å². The lowest BCUT2D eigenvalue weighted by Gasteiger charge is -2.29. The zero-order valence-electron chi connectivity index (χ0n) is 44.9. The first-order chi connectivity index (χ1) is 32.9. The smallest absolute Gasteiger partial charge is 0.000740 e. The highest BCUT2D eigenvalue weighted by atomic mass is 14.4. The molecule has 0 N–H and O–H groups in total. The van der Waals surface area contributed by atoms with E-state index in [-0.39, 0.29) is 21.7 Å². The van der Waals surface area contributed by atoms with Crippen LogP contribution >= 0.6 is 0 Å². The van der Waals surface area contributed by atoms with Crippen LogP contribution in [0.1, 0.15) is 156 Å². The molecule has 11 rings (SSSR count). The van der Waals surface area contributed by atoms with E-state index in [4.69, 9.17) is 0 Å². The predicted octanol–water partition coefficient (Wildman–Crippen LogP) is 20.9. The van der Waals surface area contributed by atoms with Gasteiger partial charge in [-0.2, -0.15) is 0 Å². The SMILES string of the molecule is CC(C)c1cccc(C(C)C)c1-c1ccc2c(c1)-c1ccc3c4c(ccc-2c14)-c1c-3c(-c2cc(C(C)(C)C)cc(C(C)(C)C)c2)c2cc3ccccc3cc2c1-c1cc(C(C)(C)C)cc(C(C)(C)C)c1. The Morgan fingerprint density at radius 3 is 1.06 bits per heavy atom. The molecule has 0 aromatic heterocycles. The van der Waals surface area contributed by atoms with Gasteiger partial charge in [-0.3, -0.25) is 0 Å². The zero-order valence-corrected chi connectivity index (χ0v) is 44.9. The minimum Gasteiger partial charge on any atom is -0.0617 e. The summed E-state index contributed by atoms with van der Waals surface area (Å²) in [5.41, 5.74) is 27.0. The minimum atomic E-state index is -0.0415. The van der Waals surface area contributed by atoms with Gasteiger partial charge in [0.1, 0.15) is 0 Å². The van der Waals surface area contributed by atoms with Gasteiger partial charge in [-0.05, 0) is 195 Å². The lowest BCUT2D eigenvalue weighted by Crippen LogP contribution is -2.17. The molecule has 0 radical (unpaired) electrons. The Balaban J connectivity index is 1.30. The Morgan fingerprint density at radius 1 is 0.286 bits per heavy atom. The molecule has 0 amide bonds. The molecule has 0 atom stereocenters. The highest BCUT2D eigenvalue weighted by Crippen LogP contribution is 2.62. The van der Waals surface area contributed by atoms with Crippen molar-refractivity contribution in [2.45, 2.75) is 144 Å². The van der Waals surface area contributed by atoms with Gasteiger partial charge in [0, 0.05) is 0 Å².